The van der Waals surface area contributed by atoms with Crippen molar-refractivity contribution in [1.82, 2.24) is 0 Å². The lowest BCUT2D eigenvalue weighted by Gasteiger charge is -2.10. The first-order chi connectivity index (χ1) is 8.33. The Balaban J connectivity index is 1.90. The van der Waals surface area contributed by atoms with Crippen LogP contribution in [0.1, 0.15) is 12.0 Å². The van der Waals surface area contributed by atoms with E-state index in [0.29, 0.717) is 0 Å². The number of benzene rings is 1. The number of hydrogen-bond donors (Lipinski definition) is 1. The topological polar surface area (TPSA) is 41.8 Å². The molecule has 0 radical (unpaired) electrons. The molecule has 0 bridgehead atoms. The van der Waals surface area contributed by atoms with Crippen molar-refractivity contribution in [1.29, 1.82) is 0 Å². The van der Waals surface area contributed by atoms with E-state index in [2.05, 4.69) is 23.7 Å². The van der Waals surface area contributed by atoms with E-state index in [-0.39, 0.29) is 18.8 Å². The number of nitrogens with zero attached hydrogens (tertiary/aromatic N) is 1. The molecular formula is C14H17NO2. The maximum Gasteiger partial charge on any atom is 0.184 e. The summed E-state index contributed by atoms with van der Waals surface area (Å²) in [7, 11) is 0. The lowest BCUT2D eigenvalue weighted by molar-refractivity contribution is 0.182. The van der Waals surface area contributed by atoms with Crippen molar-refractivity contribution in [3.05, 3.63) is 48.6 Å². The highest BCUT2D eigenvalue weighted by molar-refractivity contribution is 5.78. The van der Waals surface area contributed by atoms with Gasteiger partial charge in [-0.1, -0.05) is 36.9 Å². The molecule has 17 heavy (non-hydrogen) atoms. The molecule has 1 heterocycles. The van der Waals surface area contributed by atoms with Crippen LogP contribution in [0.5, 0.6) is 0 Å². The highest BCUT2D eigenvalue weighted by atomic mass is 16.5. The molecule has 2 rings (SSSR count). The van der Waals surface area contributed by atoms with Gasteiger partial charge in [0.1, 0.15) is 12.1 Å². The van der Waals surface area contributed by atoms with Gasteiger partial charge in [-0.3, -0.25) is 0 Å². The van der Waals surface area contributed by atoms with E-state index in [9.17, 15) is 0 Å². The molecule has 2 atom stereocenters. The second-order valence-corrected chi connectivity index (χ2v) is 4.08. The number of aliphatic hydroxyl groups excluding tert-OH is 1. The number of hydrogen-bond acceptors (Lipinski definition) is 3. The zero-order chi connectivity index (χ0) is 12.1. The van der Waals surface area contributed by atoms with Crippen LogP contribution in [0, 0.1) is 0 Å². The Morgan fingerprint density at radius 2 is 2.06 bits per heavy atom. The Hall–Kier alpha value is -1.61. The Morgan fingerprint density at radius 1 is 1.29 bits per heavy atom. The third-order valence-electron chi connectivity index (χ3n) is 2.85. The molecule has 0 saturated heterocycles. The zero-order valence-corrected chi connectivity index (χ0v) is 9.75. The fraction of sp³-hybridized carbons (Fsp3) is 0.357. The van der Waals surface area contributed by atoms with E-state index < -0.39 is 0 Å². The van der Waals surface area contributed by atoms with E-state index in [0.717, 1.165) is 18.7 Å². The quantitative estimate of drug-likeness (QED) is 0.787. The molecule has 1 aromatic rings. The predicted molar refractivity (Wildman–Crippen MR) is 68.1 cm³/mol. The molecule has 0 aliphatic carbocycles. The Bertz CT molecular complexity index is 400. The maximum absolute atomic E-state index is 9.14. The van der Waals surface area contributed by atoms with Crippen LogP contribution in [0.15, 0.2) is 48.0 Å². The van der Waals surface area contributed by atoms with Crippen molar-refractivity contribution < 1.29 is 9.84 Å². The summed E-state index contributed by atoms with van der Waals surface area (Å²) in [5.41, 5.74) is 1.27. The third-order valence-corrected chi connectivity index (χ3v) is 2.85. The lowest BCUT2D eigenvalue weighted by atomic mass is 10.1. The van der Waals surface area contributed by atoms with E-state index in [1.807, 2.05) is 18.2 Å². The van der Waals surface area contributed by atoms with Crippen molar-refractivity contribution in [2.75, 3.05) is 6.61 Å². The molecule has 1 aromatic carbocycles. The van der Waals surface area contributed by atoms with Crippen LogP contribution in [-0.4, -0.2) is 29.8 Å². The van der Waals surface area contributed by atoms with Gasteiger partial charge in [0.2, 0.25) is 0 Å². The maximum atomic E-state index is 9.14. The first kappa shape index (κ1) is 11.9. The fourth-order valence-corrected chi connectivity index (χ4v) is 1.89. The summed E-state index contributed by atoms with van der Waals surface area (Å²) in [4.78, 5) is 4.35. The summed E-state index contributed by atoms with van der Waals surface area (Å²) >= 11 is 0. The van der Waals surface area contributed by atoms with Gasteiger partial charge in [0.15, 0.2) is 5.90 Å². The first-order valence-corrected chi connectivity index (χ1v) is 5.84. The monoisotopic (exact) mass is 231 g/mol. The number of rotatable bonds is 5. The summed E-state index contributed by atoms with van der Waals surface area (Å²) in [6, 6.07) is 10.0. The number of aliphatic hydroxyl groups is 1. The molecule has 1 aliphatic rings. The van der Waals surface area contributed by atoms with Crippen molar-refractivity contribution in [3.63, 3.8) is 0 Å². The standard InChI is InChI=1S/C14H17NO2/c1-2-13-12(10-16)15-14(17-13)9-8-11-6-4-3-5-7-11/h2-7,12-13,16H,1,8-10H2/t12-,13-/m0/s1. The zero-order valence-electron chi connectivity index (χ0n) is 9.75. The van der Waals surface area contributed by atoms with E-state index in [4.69, 9.17) is 9.84 Å². The van der Waals surface area contributed by atoms with Gasteiger partial charge in [0, 0.05) is 6.42 Å². The SMILES string of the molecule is C=C[C@@H]1OC(CCc2ccccc2)=N[C@H]1CO. The molecule has 90 valence electrons. The Kier molecular flexibility index (Phi) is 3.94. The molecule has 0 fully saturated rings. The molecule has 1 N–H and O–H groups in total. The molecular weight excluding hydrogens is 214 g/mol. The van der Waals surface area contributed by atoms with Crippen LogP contribution in [0.3, 0.4) is 0 Å². The van der Waals surface area contributed by atoms with Crippen LogP contribution in [0.4, 0.5) is 0 Å². The lowest BCUT2D eigenvalue weighted by Crippen LogP contribution is -2.23. The van der Waals surface area contributed by atoms with Gasteiger partial charge in [-0.2, -0.15) is 0 Å². The summed E-state index contributed by atoms with van der Waals surface area (Å²) in [5.74, 6) is 0.720. The molecule has 0 saturated carbocycles. The van der Waals surface area contributed by atoms with Crippen LogP contribution >= 0.6 is 0 Å². The van der Waals surface area contributed by atoms with E-state index in [1.165, 1.54) is 5.56 Å². The summed E-state index contributed by atoms with van der Waals surface area (Å²) < 4.78 is 5.61. The van der Waals surface area contributed by atoms with Gasteiger partial charge in [-0.15, -0.1) is 0 Å². The van der Waals surface area contributed by atoms with Gasteiger partial charge in [0.05, 0.1) is 6.61 Å². The van der Waals surface area contributed by atoms with Gasteiger partial charge < -0.3 is 9.84 Å². The van der Waals surface area contributed by atoms with Crippen LogP contribution in [-0.2, 0) is 11.2 Å². The second-order valence-electron chi connectivity index (χ2n) is 4.08. The molecule has 0 amide bonds. The minimum Gasteiger partial charge on any atom is -0.471 e. The first-order valence-electron chi connectivity index (χ1n) is 5.84. The molecule has 0 aromatic heterocycles. The number of ether oxygens (including phenoxy) is 1. The number of aliphatic imine (C=N–C) groups is 1. The molecule has 3 heteroatoms. The molecule has 0 spiro atoms. The van der Waals surface area contributed by atoms with Gasteiger partial charge in [-0.05, 0) is 18.1 Å². The van der Waals surface area contributed by atoms with Gasteiger partial charge in [0.25, 0.3) is 0 Å². The minimum atomic E-state index is -0.182. The second kappa shape index (κ2) is 5.64. The van der Waals surface area contributed by atoms with Crippen LogP contribution in [0.25, 0.3) is 0 Å². The minimum absolute atomic E-state index is 0.00548. The average molecular weight is 231 g/mol. The molecule has 0 unspecified atom stereocenters. The predicted octanol–water partition coefficient (Wildman–Crippen LogP) is 1.96. The normalized spacial score (nSPS) is 23.0. The fourth-order valence-electron chi connectivity index (χ4n) is 1.89. The average Bonchev–Trinajstić information content (AvgIpc) is 2.80. The third kappa shape index (κ3) is 2.94. The number of aryl methyl sites for hydroxylation is 1. The highest BCUT2D eigenvalue weighted by Crippen LogP contribution is 2.17. The van der Waals surface area contributed by atoms with Crippen molar-refractivity contribution in [2.24, 2.45) is 4.99 Å². The van der Waals surface area contributed by atoms with Crippen LogP contribution < -0.4 is 0 Å². The van der Waals surface area contributed by atoms with Crippen LogP contribution in [0.2, 0.25) is 0 Å². The van der Waals surface area contributed by atoms with Gasteiger partial charge in [-0.25, -0.2) is 4.99 Å². The Labute approximate surface area is 101 Å². The Morgan fingerprint density at radius 3 is 2.65 bits per heavy atom. The molecule has 1 aliphatic heterocycles. The van der Waals surface area contributed by atoms with E-state index >= 15 is 0 Å². The highest BCUT2D eigenvalue weighted by Gasteiger charge is 2.27. The summed E-state index contributed by atoms with van der Waals surface area (Å²) in [6.07, 6.45) is 3.19. The van der Waals surface area contributed by atoms with E-state index in [1.54, 1.807) is 6.08 Å². The summed E-state index contributed by atoms with van der Waals surface area (Å²) in [5, 5.41) is 9.14. The van der Waals surface area contributed by atoms with Crippen molar-refractivity contribution >= 4 is 5.90 Å². The van der Waals surface area contributed by atoms with Crippen molar-refractivity contribution in [2.45, 2.75) is 25.0 Å². The smallest absolute Gasteiger partial charge is 0.184 e. The molecule has 3 nitrogen and oxygen atoms in total. The summed E-state index contributed by atoms with van der Waals surface area (Å²) in [6.45, 7) is 3.69. The van der Waals surface area contributed by atoms with Gasteiger partial charge >= 0.3 is 0 Å². The van der Waals surface area contributed by atoms with Crippen molar-refractivity contribution in [3.8, 4) is 0 Å². The largest absolute Gasteiger partial charge is 0.471 e.